The smallest absolute Gasteiger partial charge is 0.133 e. The molecule has 0 aliphatic rings. The second-order valence-electron chi connectivity index (χ2n) is 4.62. The fourth-order valence-electron chi connectivity index (χ4n) is 2.10. The topological polar surface area (TPSA) is 52.0 Å². The molecule has 2 nitrogen and oxygen atoms in total. The number of hydrogen-bond acceptors (Lipinski definition) is 2. The minimum atomic E-state index is -1.71. The highest BCUT2D eigenvalue weighted by molar-refractivity contribution is 5.31. The molecular formula is C14H10F6N2. The van der Waals surface area contributed by atoms with Gasteiger partial charge in [0.2, 0.25) is 0 Å². The Kier molecular flexibility index (Phi) is 4.43. The van der Waals surface area contributed by atoms with Crippen LogP contribution >= 0.6 is 0 Å². The highest BCUT2D eigenvalue weighted by Crippen LogP contribution is 2.32. The van der Waals surface area contributed by atoms with E-state index in [4.69, 9.17) is 11.5 Å². The summed E-state index contributed by atoms with van der Waals surface area (Å²) in [5.74, 6) is -7.74. The molecule has 0 aliphatic carbocycles. The van der Waals surface area contributed by atoms with Crippen LogP contribution in [0.15, 0.2) is 24.3 Å². The molecule has 0 fully saturated rings. The summed E-state index contributed by atoms with van der Waals surface area (Å²) >= 11 is 0. The molecule has 0 spiro atoms. The van der Waals surface area contributed by atoms with Crippen LogP contribution in [0.2, 0.25) is 0 Å². The van der Waals surface area contributed by atoms with Gasteiger partial charge < -0.3 is 11.5 Å². The summed E-state index contributed by atoms with van der Waals surface area (Å²) in [6.07, 6.45) is 0. The number of benzene rings is 2. The summed E-state index contributed by atoms with van der Waals surface area (Å²) in [5.41, 5.74) is 9.44. The highest BCUT2D eigenvalue weighted by Gasteiger charge is 2.29. The first-order chi connectivity index (χ1) is 10.2. The lowest BCUT2D eigenvalue weighted by molar-refractivity contribution is 0.442. The predicted octanol–water partition coefficient (Wildman–Crippen LogP) is 3.22. The SMILES string of the molecule is NC(c1c(F)cc(F)cc1F)C(N)c1c(F)cc(F)cc1F. The molecule has 0 heterocycles. The van der Waals surface area contributed by atoms with Gasteiger partial charge in [-0.2, -0.15) is 0 Å². The Morgan fingerprint density at radius 3 is 1.00 bits per heavy atom. The lowest BCUT2D eigenvalue weighted by Crippen LogP contribution is -2.30. The van der Waals surface area contributed by atoms with Crippen molar-refractivity contribution < 1.29 is 26.3 Å². The lowest BCUT2D eigenvalue weighted by atomic mass is 9.93. The average molecular weight is 320 g/mol. The van der Waals surface area contributed by atoms with Gasteiger partial charge in [0, 0.05) is 35.4 Å². The first-order valence-electron chi connectivity index (χ1n) is 6.02. The van der Waals surface area contributed by atoms with Crippen LogP contribution in [-0.2, 0) is 0 Å². The molecule has 0 bridgehead atoms. The van der Waals surface area contributed by atoms with Gasteiger partial charge in [-0.15, -0.1) is 0 Å². The summed E-state index contributed by atoms with van der Waals surface area (Å²) in [6, 6.07) is -1.97. The van der Waals surface area contributed by atoms with E-state index < -0.39 is 58.1 Å². The van der Waals surface area contributed by atoms with Crippen LogP contribution in [0.3, 0.4) is 0 Å². The zero-order valence-electron chi connectivity index (χ0n) is 10.9. The van der Waals surface area contributed by atoms with Gasteiger partial charge in [0.25, 0.3) is 0 Å². The molecule has 8 heteroatoms. The monoisotopic (exact) mass is 320 g/mol. The fourth-order valence-corrected chi connectivity index (χ4v) is 2.10. The molecule has 0 amide bonds. The predicted molar refractivity (Wildman–Crippen MR) is 66.5 cm³/mol. The minimum Gasteiger partial charge on any atom is -0.322 e. The lowest BCUT2D eigenvalue weighted by Gasteiger charge is -2.22. The Bertz CT molecular complexity index is 611. The second kappa shape index (κ2) is 5.98. The quantitative estimate of drug-likeness (QED) is 0.853. The van der Waals surface area contributed by atoms with Crippen LogP contribution in [0.25, 0.3) is 0 Å². The molecule has 2 aromatic rings. The van der Waals surface area contributed by atoms with Gasteiger partial charge >= 0.3 is 0 Å². The zero-order chi connectivity index (χ0) is 16.6. The van der Waals surface area contributed by atoms with E-state index in [9.17, 15) is 26.3 Å². The summed E-state index contributed by atoms with van der Waals surface area (Å²) in [7, 11) is 0. The first kappa shape index (κ1) is 16.3. The van der Waals surface area contributed by atoms with Crippen LogP contribution in [0.5, 0.6) is 0 Å². The summed E-state index contributed by atoms with van der Waals surface area (Å²) < 4.78 is 80.3. The number of rotatable bonds is 3. The molecule has 2 unspecified atom stereocenters. The van der Waals surface area contributed by atoms with Gasteiger partial charge in [-0.1, -0.05) is 0 Å². The first-order valence-corrected chi connectivity index (χ1v) is 6.02. The zero-order valence-corrected chi connectivity index (χ0v) is 10.9. The largest absolute Gasteiger partial charge is 0.322 e. The van der Waals surface area contributed by atoms with Crippen molar-refractivity contribution in [1.29, 1.82) is 0 Å². The van der Waals surface area contributed by atoms with E-state index in [-0.39, 0.29) is 0 Å². The minimum absolute atomic E-state index is 0.363. The van der Waals surface area contributed by atoms with Gasteiger partial charge in [-0.05, 0) is 0 Å². The average Bonchev–Trinajstić information content (AvgIpc) is 2.35. The molecule has 0 saturated carbocycles. The Hall–Kier alpha value is -2.06. The Morgan fingerprint density at radius 1 is 0.545 bits per heavy atom. The molecule has 0 radical (unpaired) electrons. The van der Waals surface area contributed by atoms with Crippen LogP contribution < -0.4 is 11.5 Å². The second-order valence-corrected chi connectivity index (χ2v) is 4.62. The van der Waals surface area contributed by atoms with E-state index in [0.29, 0.717) is 24.3 Å². The summed E-state index contributed by atoms with van der Waals surface area (Å²) in [6.45, 7) is 0. The van der Waals surface area contributed by atoms with Gasteiger partial charge in [0.15, 0.2) is 0 Å². The van der Waals surface area contributed by atoms with E-state index in [2.05, 4.69) is 0 Å². The summed E-state index contributed by atoms with van der Waals surface area (Å²) in [4.78, 5) is 0. The maximum absolute atomic E-state index is 13.6. The molecule has 4 N–H and O–H groups in total. The molecule has 2 aromatic carbocycles. The van der Waals surface area contributed by atoms with Gasteiger partial charge in [0.05, 0.1) is 12.1 Å². The molecule has 2 rings (SSSR count). The van der Waals surface area contributed by atoms with Crippen molar-refractivity contribution in [3.8, 4) is 0 Å². The van der Waals surface area contributed by atoms with E-state index in [1.807, 2.05) is 0 Å². The van der Waals surface area contributed by atoms with Gasteiger partial charge in [0.1, 0.15) is 34.9 Å². The van der Waals surface area contributed by atoms with Gasteiger partial charge in [-0.3, -0.25) is 0 Å². The van der Waals surface area contributed by atoms with E-state index in [0.717, 1.165) is 0 Å². The normalized spacial score (nSPS) is 14.0. The molecule has 0 aromatic heterocycles. The maximum Gasteiger partial charge on any atom is 0.133 e. The maximum atomic E-state index is 13.6. The molecule has 118 valence electrons. The highest BCUT2D eigenvalue weighted by atomic mass is 19.2. The Labute approximate surface area is 121 Å². The van der Waals surface area contributed by atoms with E-state index >= 15 is 0 Å². The molecule has 0 aliphatic heterocycles. The molecular weight excluding hydrogens is 310 g/mol. The van der Waals surface area contributed by atoms with Crippen molar-refractivity contribution in [2.24, 2.45) is 11.5 Å². The van der Waals surface area contributed by atoms with E-state index in [1.165, 1.54) is 0 Å². The number of halogens is 6. The third-order valence-electron chi connectivity index (χ3n) is 3.14. The number of hydrogen-bond donors (Lipinski definition) is 2. The third-order valence-corrected chi connectivity index (χ3v) is 3.14. The fraction of sp³-hybridized carbons (Fsp3) is 0.143. The van der Waals surface area contributed by atoms with Crippen LogP contribution in [0.4, 0.5) is 26.3 Å². The standard InChI is InChI=1S/C14H10F6N2/c15-5-1-7(17)11(8(18)2-5)13(21)14(22)12-9(19)3-6(16)4-10(12)20/h1-4,13-14H,21-22H2. The van der Waals surface area contributed by atoms with Crippen molar-refractivity contribution in [3.05, 3.63) is 70.3 Å². The van der Waals surface area contributed by atoms with Gasteiger partial charge in [-0.25, -0.2) is 26.3 Å². The van der Waals surface area contributed by atoms with Crippen molar-refractivity contribution in [2.75, 3.05) is 0 Å². The van der Waals surface area contributed by atoms with Crippen LogP contribution in [0, 0.1) is 34.9 Å². The van der Waals surface area contributed by atoms with Crippen LogP contribution in [-0.4, -0.2) is 0 Å². The molecule has 2 atom stereocenters. The van der Waals surface area contributed by atoms with E-state index in [1.54, 1.807) is 0 Å². The van der Waals surface area contributed by atoms with Crippen molar-refractivity contribution in [2.45, 2.75) is 12.1 Å². The summed E-state index contributed by atoms with van der Waals surface area (Å²) in [5, 5.41) is 0. The Morgan fingerprint density at radius 2 is 0.773 bits per heavy atom. The van der Waals surface area contributed by atoms with Crippen molar-refractivity contribution in [1.82, 2.24) is 0 Å². The van der Waals surface area contributed by atoms with Crippen molar-refractivity contribution in [3.63, 3.8) is 0 Å². The van der Waals surface area contributed by atoms with Crippen LogP contribution in [0.1, 0.15) is 23.2 Å². The molecule has 22 heavy (non-hydrogen) atoms. The number of nitrogens with two attached hydrogens (primary N) is 2. The molecule has 0 saturated heterocycles. The van der Waals surface area contributed by atoms with Crippen molar-refractivity contribution >= 4 is 0 Å². The Balaban J connectivity index is 2.49. The third kappa shape index (κ3) is 2.93.